The Kier molecular flexibility index (Phi) is 6.66. The predicted octanol–water partition coefficient (Wildman–Crippen LogP) is 4.51. The lowest BCUT2D eigenvalue weighted by Gasteiger charge is -2.29. The van der Waals surface area contributed by atoms with Crippen molar-refractivity contribution in [1.82, 2.24) is 5.32 Å². The molecule has 0 saturated carbocycles. The van der Waals surface area contributed by atoms with Crippen LogP contribution >= 0.6 is 12.4 Å². The van der Waals surface area contributed by atoms with Crippen LogP contribution < -0.4 is 5.32 Å². The largest absolute Gasteiger partial charge is 0.416 e. The van der Waals surface area contributed by atoms with Gasteiger partial charge in [0.15, 0.2) is 0 Å². The van der Waals surface area contributed by atoms with Crippen molar-refractivity contribution in [3.63, 3.8) is 0 Å². The Balaban J connectivity index is 0.00000243. The Bertz CT molecular complexity index is 714. The van der Waals surface area contributed by atoms with Crippen molar-refractivity contribution in [3.05, 3.63) is 71.0 Å². The summed E-state index contributed by atoms with van der Waals surface area (Å²) in [5.74, 6) is -1.10. The fourth-order valence-electron chi connectivity index (χ4n) is 3.40. The van der Waals surface area contributed by atoms with Crippen molar-refractivity contribution < 1.29 is 22.7 Å². The normalized spacial score (nSPS) is 19.7. The van der Waals surface area contributed by atoms with E-state index in [9.17, 15) is 22.7 Å². The molecule has 26 heavy (non-hydrogen) atoms. The van der Waals surface area contributed by atoms with Crippen LogP contribution in [-0.2, 0) is 6.18 Å². The number of alkyl halides is 3. The molecule has 3 atom stereocenters. The minimum absolute atomic E-state index is 0. The van der Waals surface area contributed by atoms with Crippen molar-refractivity contribution >= 4 is 12.4 Å². The second-order valence-corrected chi connectivity index (χ2v) is 6.35. The molecule has 1 aliphatic heterocycles. The Hall–Kier alpha value is -1.63. The molecule has 2 aromatic rings. The van der Waals surface area contributed by atoms with Crippen molar-refractivity contribution in [2.45, 2.75) is 37.1 Å². The molecule has 1 saturated heterocycles. The van der Waals surface area contributed by atoms with Gasteiger partial charge < -0.3 is 10.4 Å². The first-order valence-corrected chi connectivity index (χ1v) is 8.20. The predicted molar refractivity (Wildman–Crippen MR) is 94.0 cm³/mol. The van der Waals surface area contributed by atoms with Crippen LogP contribution in [0.2, 0.25) is 0 Å². The van der Waals surface area contributed by atoms with Crippen LogP contribution in [0.5, 0.6) is 0 Å². The van der Waals surface area contributed by atoms with E-state index in [0.717, 1.165) is 31.5 Å². The Morgan fingerprint density at radius 3 is 2.31 bits per heavy atom. The van der Waals surface area contributed by atoms with Gasteiger partial charge in [-0.2, -0.15) is 13.2 Å². The molecule has 1 unspecified atom stereocenters. The summed E-state index contributed by atoms with van der Waals surface area (Å²) in [7, 11) is 0. The lowest BCUT2D eigenvalue weighted by molar-refractivity contribution is -0.137. The van der Waals surface area contributed by atoms with E-state index in [-0.39, 0.29) is 18.4 Å². The zero-order chi connectivity index (χ0) is 18.0. The molecule has 142 valence electrons. The van der Waals surface area contributed by atoms with Gasteiger partial charge >= 0.3 is 6.18 Å². The first-order valence-electron chi connectivity index (χ1n) is 8.20. The van der Waals surface area contributed by atoms with E-state index in [1.54, 1.807) is 6.07 Å². The van der Waals surface area contributed by atoms with Gasteiger partial charge in [-0.05, 0) is 48.7 Å². The summed E-state index contributed by atoms with van der Waals surface area (Å²) in [5, 5.41) is 14.0. The minimum atomic E-state index is -4.46. The Labute approximate surface area is 155 Å². The van der Waals surface area contributed by atoms with Crippen LogP contribution in [-0.4, -0.2) is 23.8 Å². The first-order chi connectivity index (χ1) is 11.9. The number of halogens is 5. The van der Waals surface area contributed by atoms with Gasteiger partial charge in [-0.3, -0.25) is 0 Å². The van der Waals surface area contributed by atoms with E-state index in [1.807, 2.05) is 0 Å². The molecule has 0 radical (unpaired) electrons. The molecule has 2 aromatic carbocycles. The van der Waals surface area contributed by atoms with Gasteiger partial charge in [0.1, 0.15) is 5.82 Å². The highest BCUT2D eigenvalue weighted by molar-refractivity contribution is 5.85. The molecule has 0 amide bonds. The van der Waals surface area contributed by atoms with Crippen molar-refractivity contribution in [3.8, 4) is 0 Å². The lowest BCUT2D eigenvalue weighted by Crippen LogP contribution is -2.39. The maximum Gasteiger partial charge on any atom is 0.416 e. The van der Waals surface area contributed by atoms with Gasteiger partial charge in [0, 0.05) is 12.0 Å². The summed E-state index contributed by atoms with van der Waals surface area (Å²) in [5.41, 5.74) is 0.188. The molecule has 1 aliphatic rings. The van der Waals surface area contributed by atoms with E-state index < -0.39 is 29.6 Å². The van der Waals surface area contributed by atoms with E-state index in [4.69, 9.17) is 0 Å². The molecular weight excluding hydrogens is 370 g/mol. The molecule has 0 aliphatic carbocycles. The molecular formula is C19H20ClF4NO. The second kappa shape index (κ2) is 8.37. The molecule has 1 fully saturated rings. The minimum Gasteiger partial charge on any atom is -0.391 e. The van der Waals surface area contributed by atoms with Crippen molar-refractivity contribution in [2.75, 3.05) is 6.54 Å². The molecule has 3 rings (SSSR count). The summed E-state index contributed by atoms with van der Waals surface area (Å²) < 4.78 is 52.4. The summed E-state index contributed by atoms with van der Waals surface area (Å²) in [6.45, 7) is 0.764. The third kappa shape index (κ3) is 4.55. The molecule has 7 heteroatoms. The van der Waals surface area contributed by atoms with Crippen LogP contribution in [0.4, 0.5) is 17.6 Å². The standard InChI is InChI=1S/C19H19F4NO.ClH/c20-15-8-6-12(7-9-15)17(18(25)16-5-2-10-24-16)13-3-1-4-14(11-13)19(21,22)23;/h1,3-4,6-9,11,16-18,24-25H,2,5,10H2;1H/t16?,17-,18+;/m1./s1. The fraction of sp³-hybridized carbons (Fsp3) is 0.368. The maximum atomic E-state index is 13.3. The van der Waals surface area contributed by atoms with Crippen LogP contribution in [0.3, 0.4) is 0 Å². The van der Waals surface area contributed by atoms with Crippen molar-refractivity contribution in [2.24, 2.45) is 0 Å². The van der Waals surface area contributed by atoms with Crippen LogP contribution in [0.1, 0.15) is 35.4 Å². The van der Waals surface area contributed by atoms with Crippen LogP contribution in [0.25, 0.3) is 0 Å². The van der Waals surface area contributed by atoms with Gasteiger partial charge in [-0.15, -0.1) is 12.4 Å². The smallest absolute Gasteiger partial charge is 0.391 e. The average Bonchev–Trinajstić information content (AvgIpc) is 3.11. The quantitative estimate of drug-likeness (QED) is 0.754. The number of hydrogen-bond acceptors (Lipinski definition) is 2. The summed E-state index contributed by atoms with van der Waals surface area (Å²) in [6.07, 6.45) is -3.71. The van der Waals surface area contributed by atoms with Gasteiger partial charge in [0.25, 0.3) is 0 Å². The lowest BCUT2D eigenvalue weighted by atomic mass is 9.82. The number of aliphatic hydroxyl groups is 1. The molecule has 2 nitrogen and oxygen atoms in total. The van der Waals surface area contributed by atoms with Gasteiger partial charge in [0.2, 0.25) is 0 Å². The molecule has 0 spiro atoms. The van der Waals surface area contributed by atoms with E-state index in [2.05, 4.69) is 5.32 Å². The number of aliphatic hydroxyl groups excluding tert-OH is 1. The van der Waals surface area contributed by atoms with Gasteiger partial charge in [-0.25, -0.2) is 4.39 Å². The monoisotopic (exact) mass is 389 g/mol. The molecule has 1 heterocycles. The molecule has 2 N–H and O–H groups in total. The summed E-state index contributed by atoms with van der Waals surface area (Å²) in [6, 6.07) is 10.3. The first kappa shape index (κ1) is 20.7. The van der Waals surface area contributed by atoms with E-state index in [1.165, 1.54) is 30.3 Å². The van der Waals surface area contributed by atoms with Gasteiger partial charge in [0.05, 0.1) is 11.7 Å². The average molecular weight is 390 g/mol. The molecule has 0 aromatic heterocycles. The maximum absolute atomic E-state index is 13.3. The molecule has 0 bridgehead atoms. The summed E-state index contributed by atoms with van der Waals surface area (Å²) >= 11 is 0. The highest BCUT2D eigenvalue weighted by Gasteiger charge is 2.35. The Morgan fingerprint density at radius 1 is 1.04 bits per heavy atom. The zero-order valence-corrected chi connectivity index (χ0v) is 14.7. The third-order valence-electron chi connectivity index (χ3n) is 4.65. The highest BCUT2D eigenvalue weighted by atomic mass is 35.5. The number of rotatable bonds is 4. The number of hydrogen-bond donors (Lipinski definition) is 2. The SMILES string of the molecule is Cl.O[C@@H](C1CCCN1)[C@H](c1ccc(F)cc1)c1cccc(C(F)(F)F)c1. The summed E-state index contributed by atoms with van der Waals surface area (Å²) in [4.78, 5) is 0. The highest BCUT2D eigenvalue weighted by Crippen LogP contribution is 2.36. The van der Waals surface area contributed by atoms with Crippen LogP contribution in [0.15, 0.2) is 48.5 Å². The fourth-order valence-corrected chi connectivity index (χ4v) is 3.40. The van der Waals surface area contributed by atoms with Crippen LogP contribution in [0, 0.1) is 5.82 Å². The van der Waals surface area contributed by atoms with E-state index in [0.29, 0.717) is 11.1 Å². The van der Waals surface area contributed by atoms with E-state index >= 15 is 0 Å². The number of benzene rings is 2. The van der Waals surface area contributed by atoms with Crippen molar-refractivity contribution in [1.29, 1.82) is 0 Å². The zero-order valence-electron chi connectivity index (χ0n) is 13.8. The number of nitrogens with one attached hydrogen (secondary N) is 1. The Morgan fingerprint density at radius 2 is 1.73 bits per heavy atom. The third-order valence-corrected chi connectivity index (χ3v) is 4.65. The second-order valence-electron chi connectivity index (χ2n) is 6.35. The topological polar surface area (TPSA) is 32.3 Å². The van der Waals surface area contributed by atoms with Gasteiger partial charge in [-0.1, -0.05) is 30.3 Å².